The molecule has 0 saturated heterocycles. The van der Waals surface area contributed by atoms with Gasteiger partial charge in [0, 0.05) is 11.4 Å². The smallest absolute Gasteiger partial charge is 0.224 e. The number of rotatable bonds is 6. The molecule has 0 saturated carbocycles. The van der Waals surface area contributed by atoms with Crippen LogP contribution in [0.2, 0.25) is 5.02 Å². The predicted molar refractivity (Wildman–Crippen MR) is 97.0 cm³/mol. The molecule has 1 amide bonds. The van der Waals surface area contributed by atoms with E-state index in [1.54, 1.807) is 25.3 Å². The quantitative estimate of drug-likeness (QED) is 0.842. The zero-order valence-corrected chi connectivity index (χ0v) is 14.8. The summed E-state index contributed by atoms with van der Waals surface area (Å²) in [7, 11) is 1.56. The lowest BCUT2D eigenvalue weighted by molar-refractivity contribution is -0.116. The lowest BCUT2D eigenvalue weighted by Crippen LogP contribution is -2.15. The second kappa shape index (κ2) is 8.12. The average Bonchev–Trinajstić information content (AvgIpc) is 2.62. The summed E-state index contributed by atoms with van der Waals surface area (Å²) in [6, 6.07) is 11.0. The molecule has 0 aliphatic carbocycles. The van der Waals surface area contributed by atoms with E-state index in [-0.39, 0.29) is 5.91 Å². The van der Waals surface area contributed by atoms with E-state index in [9.17, 15) is 4.79 Å². The van der Waals surface area contributed by atoms with Crippen LogP contribution < -0.4 is 19.5 Å². The number of anilines is 1. The Kier molecular flexibility index (Phi) is 5.66. The van der Waals surface area contributed by atoms with Gasteiger partial charge in [0.2, 0.25) is 5.91 Å². The standard InChI is InChI=1S/C19H20ClNO4/c1-23-16-8-6-14(20)12-15(16)21-19(22)4-2-3-13-5-7-17-18(11-13)25-10-9-24-17/h5-8,11-12H,2-4,9-10H2,1H3,(H,21,22). The molecule has 25 heavy (non-hydrogen) atoms. The molecule has 6 heteroatoms. The number of carbonyl (C=O) groups is 1. The molecule has 2 aromatic carbocycles. The number of benzene rings is 2. The van der Waals surface area contributed by atoms with Crippen molar-refractivity contribution >= 4 is 23.2 Å². The fraction of sp³-hybridized carbons (Fsp3) is 0.316. The van der Waals surface area contributed by atoms with Gasteiger partial charge in [0.15, 0.2) is 11.5 Å². The van der Waals surface area contributed by atoms with Crippen molar-refractivity contribution in [3.05, 3.63) is 47.0 Å². The molecule has 1 aliphatic heterocycles. The highest BCUT2D eigenvalue weighted by atomic mass is 35.5. The molecule has 5 nitrogen and oxygen atoms in total. The Balaban J connectivity index is 1.52. The van der Waals surface area contributed by atoms with Crippen LogP contribution in [0.3, 0.4) is 0 Å². The molecule has 3 rings (SSSR count). The lowest BCUT2D eigenvalue weighted by Gasteiger charge is -2.18. The molecule has 0 spiro atoms. The summed E-state index contributed by atoms with van der Waals surface area (Å²) in [5.41, 5.74) is 1.71. The molecule has 0 unspecified atom stereocenters. The van der Waals surface area contributed by atoms with Gasteiger partial charge in [0.05, 0.1) is 12.8 Å². The minimum Gasteiger partial charge on any atom is -0.495 e. The topological polar surface area (TPSA) is 56.8 Å². The maximum Gasteiger partial charge on any atom is 0.224 e. The van der Waals surface area contributed by atoms with Gasteiger partial charge in [-0.15, -0.1) is 0 Å². The Morgan fingerprint density at radius 1 is 1.16 bits per heavy atom. The van der Waals surface area contributed by atoms with Crippen LogP contribution >= 0.6 is 11.6 Å². The Labute approximate surface area is 151 Å². The number of nitrogens with one attached hydrogen (secondary N) is 1. The van der Waals surface area contributed by atoms with Crippen molar-refractivity contribution in [2.24, 2.45) is 0 Å². The summed E-state index contributed by atoms with van der Waals surface area (Å²) in [5, 5.41) is 3.39. The number of methoxy groups -OCH3 is 1. The number of carbonyl (C=O) groups excluding carboxylic acids is 1. The Morgan fingerprint density at radius 2 is 1.96 bits per heavy atom. The van der Waals surface area contributed by atoms with E-state index in [1.807, 2.05) is 18.2 Å². The van der Waals surface area contributed by atoms with E-state index in [4.69, 9.17) is 25.8 Å². The highest BCUT2D eigenvalue weighted by Crippen LogP contribution is 2.31. The molecule has 0 atom stereocenters. The van der Waals surface area contributed by atoms with Gasteiger partial charge in [-0.1, -0.05) is 17.7 Å². The molecule has 0 fully saturated rings. The number of hydrogen-bond donors (Lipinski definition) is 1. The number of halogens is 1. The van der Waals surface area contributed by atoms with Crippen LogP contribution in [0.15, 0.2) is 36.4 Å². The van der Waals surface area contributed by atoms with E-state index < -0.39 is 0 Å². The second-order valence-corrected chi connectivity index (χ2v) is 6.16. The fourth-order valence-corrected chi connectivity index (χ4v) is 2.86. The molecule has 0 aromatic heterocycles. The predicted octanol–water partition coefficient (Wildman–Crippen LogP) is 4.08. The van der Waals surface area contributed by atoms with Gasteiger partial charge in [-0.25, -0.2) is 0 Å². The van der Waals surface area contributed by atoms with Crippen molar-refractivity contribution in [3.63, 3.8) is 0 Å². The van der Waals surface area contributed by atoms with E-state index in [0.717, 1.165) is 29.9 Å². The zero-order chi connectivity index (χ0) is 17.6. The van der Waals surface area contributed by atoms with Gasteiger partial charge < -0.3 is 19.5 Å². The first kappa shape index (κ1) is 17.4. The van der Waals surface area contributed by atoms with Crippen LogP contribution in [0, 0.1) is 0 Å². The zero-order valence-electron chi connectivity index (χ0n) is 14.0. The molecule has 0 bridgehead atoms. The summed E-state index contributed by atoms with van der Waals surface area (Å²) in [4.78, 5) is 12.2. The number of aryl methyl sites for hydroxylation is 1. The summed E-state index contributed by atoms with van der Waals surface area (Å²) in [6.07, 6.45) is 1.93. The first-order valence-electron chi connectivity index (χ1n) is 8.17. The van der Waals surface area contributed by atoms with Crippen molar-refractivity contribution < 1.29 is 19.0 Å². The lowest BCUT2D eigenvalue weighted by atomic mass is 10.1. The maximum atomic E-state index is 12.2. The van der Waals surface area contributed by atoms with E-state index in [1.165, 1.54) is 0 Å². The third kappa shape index (κ3) is 4.57. The highest BCUT2D eigenvalue weighted by Gasteiger charge is 2.12. The first-order valence-corrected chi connectivity index (χ1v) is 8.55. The van der Waals surface area contributed by atoms with Crippen LogP contribution in [0.4, 0.5) is 5.69 Å². The summed E-state index contributed by atoms with van der Waals surface area (Å²) in [6.45, 7) is 1.15. The van der Waals surface area contributed by atoms with Crippen molar-refractivity contribution in [2.45, 2.75) is 19.3 Å². The summed E-state index contributed by atoms with van der Waals surface area (Å²) >= 11 is 5.97. The normalized spacial score (nSPS) is 12.6. The van der Waals surface area contributed by atoms with Gasteiger partial charge in [-0.2, -0.15) is 0 Å². The van der Waals surface area contributed by atoms with Gasteiger partial charge in [0.1, 0.15) is 19.0 Å². The fourth-order valence-electron chi connectivity index (χ4n) is 2.69. The van der Waals surface area contributed by atoms with Gasteiger partial charge >= 0.3 is 0 Å². The molecule has 1 heterocycles. The highest BCUT2D eigenvalue weighted by molar-refractivity contribution is 6.31. The number of fused-ring (bicyclic) bond motifs is 1. The van der Waals surface area contributed by atoms with Crippen LogP contribution in [0.5, 0.6) is 17.2 Å². The third-order valence-electron chi connectivity index (χ3n) is 3.91. The molecular formula is C19H20ClNO4. The maximum absolute atomic E-state index is 12.2. The Bertz CT molecular complexity index is 763. The van der Waals surface area contributed by atoms with Crippen molar-refractivity contribution in [2.75, 3.05) is 25.6 Å². The average molecular weight is 362 g/mol. The molecule has 2 aromatic rings. The molecule has 1 aliphatic rings. The van der Waals surface area contributed by atoms with Crippen LogP contribution in [0.25, 0.3) is 0 Å². The van der Waals surface area contributed by atoms with E-state index >= 15 is 0 Å². The Hall–Kier alpha value is -2.40. The SMILES string of the molecule is COc1ccc(Cl)cc1NC(=O)CCCc1ccc2c(c1)OCCO2. The van der Waals surface area contributed by atoms with Gasteiger partial charge in [0.25, 0.3) is 0 Å². The second-order valence-electron chi connectivity index (χ2n) is 5.72. The minimum atomic E-state index is -0.0712. The van der Waals surface area contributed by atoms with E-state index in [2.05, 4.69) is 5.32 Å². The summed E-state index contributed by atoms with van der Waals surface area (Å²) in [5.74, 6) is 2.07. The number of amides is 1. The van der Waals surface area contributed by atoms with Crippen LogP contribution in [0.1, 0.15) is 18.4 Å². The van der Waals surface area contributed by atoms with Crippen molar-refractivity contribution in [1.29, 1.82) is 0 Å². The molecule has 132 valence electrons. The summed E-state index contributed by atoms with van der Waals surface area (Å²) < 4.78 is 16.3. The van der Waals surface area contributed by atoms with Crippen molar-refractivity contribution in [3.8, 4) is 17.2 Å². The van der Waals surface area contributed by atoms with Gasteiger partial charge in [-0.3, -0.25) is 4.79 Å². The molecule has 1 N–H and O–H groups in total. The number of hydrogen-bond acceptors (Lipinski definition) is 4. The first-order chi connectivity index (χ1) is 12.2. The molecule has 0 radical (unpaired) electrons. The van der Waals surface area contributed by atoms with E-state index in [0.29, 0.717) is 36.1 Å². The third-order valence-corrected chi connectivity index (χ3v) is 4.15. The monoisotopic (exact) mass is 361 g/mol. The van der Waals surface area contributed by atoms with Crippen LogP contribution in [-0.4, -0.2) is 26.2 Å². The molecular weight excluding hydrogens is 342 g/mol. The largest absolute Gasteiger partial charge is 0.495 e. The Morgan fingerprint density at radius 3 is 2.76 bits per heavy atom. The van der Waals surface area contributed by atoms with Crippen molar-refractivity contribution in [1.82, 2.24) is 0 Å². The van der Waals surface area contributed by atoms with Gasteiger partial charge in [-0.05, 0) is 48.7 Å². The number of ether oxygens (including phenoxy) is 3. The minimum absolute atomic E-state index is 0.0712. The van der Waals surface area contributed by atoms with Crippen LogP contribution in [-0.2, 0) is 11.2 Å².